The number of sulfone groups is 1. The summed E-state index contributed by atoms with van der Waals surface area (Å²) < 4.78 is 24.3. The first-order valence-electron chi connectivity index (χ1n) is 6.25. The van der Waals surface area contributed by atoms with Gasteiger partial charge in [0, 0.05) is 11.4 Å². The standard InChI is InChI=1S/C13H18ClNO2S/c1-2-7-18(16,17)13-6-4-3-5-12(13)15-11-8-10(14)9-11/h3-6,10-11,15H,2,7-9H2,1H3. The van der Waals surface area contributed by atoms with Crippen molar-refractivity contribution >= 4 is 27.1 Å². The summed E-state index contributed by atoms with van der Waals surface area (Å²) in [5, 5.41) is 3.50. The second-order valence-electron chi connectivity index (χ2n) is 4.72. The molecule has 18 heavy (non-hydrogen) atoms. The summed E-state index contributed by atoms with van der Waals surface area (Å²) in [6.07, 6.45) is 2.41. The molecular weight excluding hydrogens is 270 g/mol. The molecule has 0 amide bonds. The van der Waals surface area contributed by atoms with Crippen LogP contribution in [0.2, 0.25) is 0 Å². The van der Waals surface area contributed by atoms with Crippen LogP contribution in [0.3, 0.4) is 0 Å². The second-order valence-corrected chi connectivity index (χ2v) is 7.42. The Morgan fingerprint density at radius 2 is 2.00 bits per heavy atom. The molecule has 0 radical (unpaired) electrons. The molecule has 0 aliphatic heterocycles. The Morgan fingerprint density at radius 3 is 2.61 bits per heavy atom. The monoisotopic (exact) mass is 287 g/mol. The van der Waals surface area contributed by atoms with Crippen LogP contribution in [-0.2, 0) is 9.84 Å². The van der Waals surface area contributed by atoms with Crippen molar-refractivity contribution in [3.63, 3.8) is 0 Å². The molecule has 0 aromatic heterocycles. The lowest BCUT2D eigenvalue weighted by Gasteiger charge is -2.33. The fourth-order valence-electron chi connectivity index (χ4n) is 2.12. The molecule has 0 unspecified atom stereocenters. The topological polar surface area (TPSA) is 46.2 Å². The van der Waals surface area contributed by atoms with Crippen LogP contribution in [0.1, 0.15) is 26.2 Å². The quantitative estimate of drug-likeness (QED) is 0.847. The van der Waals surface area contributed by atoms with Gasteiger partial charge in [-0.05, 0) is 31.4 Å². The van der Waals surface area contributed by atoms with Crippen LogP contribution in [0.15, 0.2) is 29.2 Å². The zero-order valence-electron chi connectivity index (χ0n) is 10.4. The largest absolute Gasteiger partial charge is 0.381 e. The molecule has 1 fully saturated rings. The van der Waals surface area contributed by atoms with E-state index >= 15 is 0 Å². The zero-order chi connectivity index (χ0) is 13.2. The van der Waals surface area contributed by atoms with E-state index in [0.717, 1.165) is 12.8 Å². The van der Waals surface area contributed by atoms with Gasteiger partial charge >= 0.3 is 0 Å². The van der Waals surface area contributed by atoms with Crippen molar-refractivity contribution in [3.8, 4) is 0 Å². The summed E-state index contributed by atoms with van der Waals surface area (Å²) in [5.74, 6) is 0.189. The molecule has 100 valence electrons. The van der Waals surface area contributed by atoms with Gasteiger partial charge in [0.1, 0.15) is 0 Å². The highest BCUT2D eigenvalue weighted by Crippen LogP contribution is 2.31. The number of anilines is 1. The van der Waals surface area contributed by atoms with Gasteiger partial charge < -0.3 is 5.32 Å². The summed E-state index contributed by atoms with van der Waals surface area (Å²) in [7, 11) is -3.18. The highest BCUT2D eigenvalue weighted by atomic mass is 35.5. The van der Waals surface area contributed by atoms with E-state index in [-0.39, 0.29) is 11.1 Å². The van der Waals surface area contributed by atoms with E-state index in [2.05, 4.69) is 5.32 Å². The molecule has 1 aromatic carbocycles. The number of hydrogen-bond acceptors (Lipinski definition) is 3. The maximum absolute atomic E-state index is 12.1. The zero-order valence-corrected chi connectivity index (χ0v) is 12.0. The molecule has 0 bridgehead atoms. The molecule has 5 heteroatoms. The smallest absolute Gasteiger partial charge is 0.180 e. The van der Waals surface area contributed by atoms with Crippen molar-refractivity contribution < 1.29 is 8.42 Å². The van der Waals surface area contributed by atoms with Crippen molar-refractivity contribution in [1.29, 1.82) is 0 Å². The van der Waals surface area contributed by atoms with Gasteiger partial charge in [-0.1, -0.05) is 19.1 Å². The average Bonchev–Trinajstić information content (AvgIpc) is 2.27. The summed E-state index contributed by atoms with van der Waals surface area (Å²) in [6.45, 7) is 1.87. The molecular formula is C13H18ClNO2S. The highest BCUT2D eigenvalue weighted by Gasteiger charge is 2.28. The molecule has 0 spiro atoms. The summed E-state index contributed by atoms with van der Waals surface area (Å²) in [6, 6.07) is 7.41. The molecule has 1 aromatic rings. The minimum Gasteiger partial charge on any atom is -0.381 e. The number of rotatable bonds is 5. The van der Waals surface area contributed by atoms with Gasteiger partial charge in [0.05, 0.1) is 16.3 Å². The van der Waals surface area contributed by atoms with E-state index in [9.17, 15) is 8.42 Å². The average molecular weight is 288 g/mol. The normalized spacial score (nSPS) is 23.4. The predicted molar refractivity (Wildman–Crippen MR) is 75.1 cm³/mol. The van der Waals surface area contributed by atoms with Crippen molar-refractivity contribution in [3.05, 3.63) is 24.3 Å². The lowest BCUT2D eigenvalue weighted by molar-refractivity contribution is 0.454. The van der Waals surface area contributed by atoms with Gasteiger partial charge in [-0.25, -0.2) is 8.42 Å². The number of alkyl halides is 1. The third-order valence-corrected chi connectivity index (χ3v) is 5.46. The van der Waals surface area contributed by atoms with E-state index in [1.54, 1.807) is 12.1 Å². The first-order valence-corrected chi connectivity index (χ1v) is 8.34. The Bertz CT molecular complexity index is 509. The molecule has 0 heterocycles. The lowest BCUT2D eigenvalue weighted by atomic mass is 9.92. The van der Waals surface area contributed by atoms with E-state index in [1.165, 1.54) is 0 Å². The molecule has 3 nitrogen and oxygen atoms in total. The predicted octanol–water partition coefficient (Wildman–Crippen LogP) is 3.05. The van der Waals surface area contributed by atoms with Crippen LogP contribution in [0.5, 0.6) is 0 Å². The fourth-order valence-corrected chi connectivity index (χ4v) is 4.06. The van der Waals surface area contributed by atoms with Crippen LogP contribution < -0.4 is 5.32 Å². The third kappa shape index (κ3) is 2.98. The van der Waals surface area contributed by atoms with E-state index in [1.807, 2.05) is 19.1 Å². The van der Waals surface area contributed by atoms with Crippen LogP contribution in [0, 0.1) is 0 Å². The summed E-state index contributed by atoms with van der Waals surface area (Å²) >= 11 is 5.93. The Hall–Kier alpha value is -0.740. The molecule has 0 atom stereocenters. The Morgan fingerprint density at radius 1 is 1.33 bits per heavy atom. The van der Waals surface area contributed by atoms with Crippen molar-refractivity contribution in [2.24, 2.45) is 0 Å². The minimum atomic E-state index is -3.18. The number of hydrogen-bond donors (Lipinski definition) is 1. The number of halogens is 1. The Balaban J connectivity index is 2.20. The van der Waals surface area contributed by atoms with Crippen molar-refractivity contribution in [2.75, 3.05) is 11.1 Å². The molecule has 1 aliphatic carbocycles. The van der Waals surface area contributed by atoms with E-state index in [4.69, 9.17) is 11.6 Å². The maximum Gasteiger partial charge on any atom is 0.180 e. The van der Waals surface area contributed by atoms with E-state index < -0.39 is 9.84 Å². The van der Waals surface area contributed by atoms with Crippen molar-refractivity contribution in [1.82, 2.24) is 0 Å². The first kappa shape index (κ1) is 13.7. The molecule has 1 saturated carbocycles. The molecule has 1 N–H and O–H groups in total. The fraction of sp³-hybridized carbons (Fsp3) is 0.538. The molecule has 2 rings (SSSR count). The van der Waals surface area contributed by atoms with Crippen molar-refractivity contribution in [2.45, 2.75) is 42.5 Å². The van der Waals surface area contributed by atoms with Crippen LogP contribution in [0.25, 0.3) is 0 Å². The summed E-state index contributed by atoms with van der Waals surface area (Å²) in [4.78, 5) is 0.407. The molecule has 0 saturated heterocycles. The summed E-state index contributed by atoms with van der Waals surface area (Å²) in [5.41, 5.74) is 0.708. The number of benzene rings is 1. The third-order valence-electron chi connectivity index (χ3n) is 3.14. The number of para-hydroxylation sites is 1. The highest BCUT2D eigenvalue weighted by molar-refractivity contribution is 7.91. The van der Waals surface area contributed by atoms with Gasteiger partial charge in [-0.2, -0.15) is 0 Å². The Kier molecular flexibility index (Phi) is 4.17. The van der Waals surface area contributed by atoms with Crippen LogP contribution in [0.4, 0.5) is 5.69 Å². The van der Waals surface area contributed by atoms with Crippen LogP contribution in [-0.4, -0.2) is 25.6 Å². The molecule has 1 aliphatic rings. The first-order chi connectivity index (χ1) is 8.53. The van der Waals surface area contributed by atoms with Crippen LogP contribution >= 0.6 is 11.6 Å². The number of nitrogens with one attached hydrogen (secondary N) is 1. The van der Waals surface area contributed by atoms with Gasteiger partial charge in [0.2, 0.25) is 0 Å². The maximum atomic E-state index is 12.1. The van der Waals surface area contributed by atoms with Gasteiger partial charge in [0.15, 0.2) is 9.84 Å². The van der Waals surface area contributed by atoms with Gasteiger partial charge in [-0.15, -0.1) is 11.6 Å². The minimum absolute atomic E-state index is 0.189. The lowest BCUT2D eigenvalue weighted by Crippen LogP contribution is -2.36. The Labute approximate surface area is 113 Å². The SMILES string of the molecule is CCCS(=O)(=O)c1ccccc1NC1CC(Cl)C1. The van der Waals surface area contributed by atoms with Gasteiger partial charge in [-0.3, -0.25) is 0 Å². The van der Waals surface area contributed by atoms with Gasteiger partial charge in [0.25, 0.3) is 0 Å². The van der Waals surface area contributed by atoms with E-state index in [0.29, 0.717) is 23.0 Å². The second kappa shape index (κ2) is 5.49.